The number of carbonyl (C=O) groups excluding carboxylic acids is 2. The van der Waals surface area contributed by atoms with E-state index in [1.165, 1.54) is 44.2 Å². The Balaban J connectivity index is 1.92. The molecule has 0 unspecified atom stereocenters. The van der Waals surface area contributed by atoms with Gasteiger partial charge in [-0.15, -0.1) is 0 Å². The van der Waals surface area contributed by atoms with Gasteiger partial charge in [-0.05, 0) is 49.6 Å². The molecule has 0 aromatic heterocycles. The first-order valence-electron chi connectivity index (χ1n) is 10.2. The molecular formula is C23H26FN3O5. The second-order valence-electron chi connectivity index (χ2n) is 7.68. The highest BCUT2D eigenvalue weighted by Gasteiger charge is 2.33. The van der Waals surface area contributed by atoms with Gasteiger partial charge in [-0.3, -0.25) is 14.5 Å². The second-order valence-corrected chi connectivity index (χ2v) is 7.68. The standard InChI is InChI=1S/C23H26FN3O5/c1-14(26(2)23(30)31)21(28)25-18-10-8-15-6-4-5-7-19(15)27(22(18)29)13-16-12-17(24)9-11-20(16)32-3/h4-7,9,11-12,14,18H,8,10,13H2,1-3H3,(H,25,28)(H,30,31)/t14-,18-/m0/s1. The van der Waals surface area contributed by atoms with E-state index in [1.807, 2.05) is 24.3 Å². The summed E-state index contributed by atoms with van der Waals surface area (Å²) in [6.07, 6.45) is -0.360. The smallest absolute Gasteiger partial charge is 0.407 e. The highest BCUT2D eigenvalue weighted by atomic mass is 19.1. The Bertz CT molecular complexity index is 1030. The van der Waals surface area contributed by atoms with Crippen molar-refractivity contribution in [3.8, 4) is 5.75 Å². The molecule has 32 heavy (non-hydrogen) atoms. The van der Waals surface area contributed by atoms with Gasteiger partial charge in [0.15, 0.2) is 0 Å². The zero-order valence-electron chi connectivity index (χ0n) is 18.2. The molecule has 0 radical (unpaired) electrons. The van der Waals surface area contributed by atoms with E-state index in [1.54, 1.807) is 0 Å². The van der Waals surface area contributed by atoms with Gasteiger partial charge in [0.25, 0.3) is 0 Å². The van der Waals surface area contributed by atoms with Crippen LogP contribution in [0.4, 0.5) is 14.9 Å². The molecule has 8 nitrogen and oxygen atoms in total. The lowest BCUT2D eigenvalue weighted by atomic mass is 10.1. The Morgan fingerprint density at radius 2 is 2.03 bits per heavy atom. The summed E-state index contributed by atoms with van der Waals surface area (Å²) >= 11 is 0. The van der Waals surface area contributed by atoms with Crippen molar-refractivity contribution in [2.45, 2.75) is 38.4 Å². The van der Waals surface area contributed by atoms with E-state index in [9.17, 15) is 18.8 Å². The molecule has 1 aliphatic rings. The van der Waals surface area contributed by atoms with E-state index in [0.29, 0.717) is 29.8 Å². The van der Waals surface area contributed by atoms with Gasteiger partial charge < -0.3 is 20.1 Å². The lowest BCUT2D eigenvalue weighted by molar-refractivity contribution is -0.130. The molecule has 170 valence electrons. The van der Waals surface area contributed by atoms with E-state index >= 15 is 0 Å². The van der Waals surface area contributed by atoms with Crippen molar-refractivity contribution in [3.63, 3.8) is 0 Å². The molecule has 0 bridgehead atoms. The first-order valence-corrected chi connectivity index (χ1v) is 10.2. The molecule has 1 aliphatic heterocycles. The summed E-state index contributed by atoms with van der Waals surface area (Å²) in [5, 5.41) is 11.8. The van der Waals surface area contributed by atoms with Crippen LogP contribution >= 0.6 is 0 Å². The minimum atomic E-state index is -1.24. The number of aryl methyl sites for hydroxylation is 1. The highest BCUT2D eigenvalue weighted by Crippen LogP contribution is 2.31. The molecule has 0 aliphatic carbocycles. The Labute approximate surface area is 185 Å². The number of nitrogens with one attached hydrogen (secondary N) is 1. The van der Waals surface area contributed by atoms with Crippen molar-refractivity contribution in [3.05, 3.63) is 59.4 Å². The van der Waals surface area contributed by atoms with Gasteiger partial charge in [0.1, 0.15) is 23.7 Å². The fourth-order valence-corrected chi connectivity index (χ4v) is 3.69. The fourth-order valence-electron chi connectivity index (χ4n) is 3.69. The first kappa shape index (κ1) is 23.1. The van der Waals surface area contributed by atoms with E-state index in [-0.39, 0.29) is 12.5 Å². The predicted octanol–water partition coefficient (Wildman–Crippen LogP) is 2.80. The third-order valence-electron chi connectivity index (χ3n) is 5.70. The Morgan fingerprint density at radius 1 is 1.31 bits per heavy atom. The van der Waals surface area contributed by atoms with E-state index in [0.717, 1.165) is 10.5 Å². The lowest BCUT2D eigenvalue weighted by Crippen LogP contribution is -2.53. The number of likely N-dealkylation sites (N-methyl/N-ethyl adjacent to an activating group) is 1. The van der Waals surface area contributed by atoms with Crippen molar-refractivity contribution >= 4 is 23.6 Å². The molecule has 3 rings (SSSR count). The number of carboxylic acid groups (broad SMARTS) is 1. The van der Waals surface area contributed by atoms with Crippen molar-refractivity contribution in [2.75, 3.05) is 19.1 Å². The molecule has 0 fully saturated rings. The number of amides is 3. The third kappa shape index (κ3) is 4.82. The predicted molar refractivity (Wildman–Crippen MR) is 116 cm³/mol. The number of ether oxygens (including phenoxy) is 1. The number of benzene rings is 2. The molecule has 2 aromatic carbocycles. The average molecular weight is 443 g/mol. The van der Waals surface area contributed by atoms with Crippen LogP contribution in [0, 0.1) is 5.82 Å². The maximum absolute atomic E-state index is 13.9. The number of rotatable bonds is 6. The van der Waals surface area contributed by atoms with Gasteiger partial charge in [0.2, 0.25) is 11.8 Å². The summed E-state index contributed by atoms with van der Waals surface area (Å²) in [4.78, 5) is 39.7. The molecule has 0 saturated carbocycles. The van der Waals surface area contributed by atoms with Crippen LogP contribution in [0.5, 0.6) is 5.75 Å². The summed E-state index contributed by atoms with van der Waals surface area (Å²) in [6, 6.07) is 9.66. The van der Waals surface area contributed by atoms with Gasteiger partial charge in [-0.25, -0.2) is 9.18 Å². The van der Waals surface area contributed by atoms with Crippen molar-refractivity contribution in [1.29, 1.82) is 0 Å². The number of methoxy groups -OCH3 is 1. The van der Waals surface area contributed by atoms with Crippen molar-refractivity contribution in [2.24, 2.45) is 0 Å². The first-order chi connectivity index (χ1) is 15.2. The van der Waals surface area contributed by atoms with Crippen LogP contribution in [0.2, 0.25) is 0 Å². The average Bonchev–Trinajstić information content (AvgIpc) is 2.90. The molecule has 3 amide bonds. The van der Waals surface area contributed by atoms with Gasteiger partial charge >= 0.3 is 6.09 Å². The largest absolute Gasteiger partial charge is 0.496 e. The number of hydrogen-bond acceptors (Lipinski definition) is 4. The van der Waals surface area contributed by atoms with Crippen LogP contribution in [-0.2, 0) is 22.6 Å². The summed E-state index contributed by atoms with van der Waals surface area (Å²) in [5.74, 6) is -0.938. The van der Waals surface area contributed by atoms with Crippen LogP contribution in [0.3, 0.4) is 0 Å². The van der Waals surface area contributed by atoms with Gasteiger partial charge in [-0.1, -0.05) is 18.2 Å². The molecule has 2 N–H and O–H groups in total. The number of carbonyl (C=O) groups is 3. The zero-order valence-corrected chi connectivity index (χ0v) is 18.2. The topological polar surface area (TPSA) is 99.2 Å². The monoisotopic (exact) mass is 443 g/mol. The van der Waals surface area contributed by atoms with Crippen LogP contribution in [0.1, 0.15) is 24.5 Å². The highest BCUT2D eigenvalue weighted by molar-refractivity contribution is 6.01. The minimum absolute atomic E-state index is 0.0493. The maximum Gasteiger partial charge on any atom is 0.407 e. The summed E-state index contributed by atoms with van der Waals surface area (Å²) in [6.45, 7) is 1.50. The molecule has 0 saturated heterocycles. The second kappa shape index (κ2) is 9.67. The van der Waals surface area contributed by atoms with Crippen LogP contribution in [-0.4, -0.2) is 54.2 Å². The van der Waals surface area contributed by atoms with Crippen molar-refractivity contribution < 1.29 is 28.6 Å². The van der Waals surface area contributed by atoms with E-state index in [4.69, 9.17) is 9.84 Å². The Morgan fingerprint density at radius 3 is 2.72 bits per heavy atom. The summed E-state index contributed by atoms with van der Waals surface area (Å²) in [5.41, 5.74) is 2.08. The lowest BCUT2D eigenvalue weighted by Gasteiger charge is -2.28. The maximum atomic E-state index is 13.9. The molecule has 1 heterocycles. The van der Waals surface area contributed by atoms with Crippen LogP contribution in [0.15, 0.2) is 42.5 Å². The molecule has 2 aromatic rings. The number of hydrogen-bond donors (Lipinski definition) is 2. The Hall–Kier alpha value is -3.62. The number of nitrogens with zero attached hydrogens (tertiary/aromatic N) is 2. The third-order valence-corrected chi connectivity index (χ3v) is 5.70. The molecular weight excluding hydrogens is 417 g/mol. The summed E-state index contributed by atoms with van der Waals surface area (Å²) in [7, 11) is 2.76. The molecule has 2 atom stereocenters. The number of anilines is 1. The number of para-hydroxylation sites is 1. The van der Waals surface area contributed by atoms with E-state index < -0.39 is 29.9 Å². The normalized spacial score (nSPS) is 16.6. The van der Waals surface area contributed by atoms with Gasteiger partial charge in [0, 0.05) is 18.3 Å². The van der Waals surface area contributed by atoms with Gasteiger partial charge in [0.05, 0.1) is 13.7 Å². The minimum Gasteiger partial charge on any atom is -0.496 e. The van der Waals surface area contributed by atoms with Crippen molar-refractivity contribution in [1.82, 2.24) is 10.2 Å². The van der Waals surface area contributed by atoms with E-state index in [2.05, 4.69) is 5.32 Å². The number of halogens is 1. The quantitative estimate of drug-likeness (QED) is 0.715. The Kier molecular flexibility index (Phi) is 6.97. The van der Waals surface area contributed by atoms with Crippen LogP contribution < -0.4 is 15.0 Å². The number of fused-ring (bicyclic) bond motifs is 1. The molecule has 9 heteroatoms. The SMILES string of the molecule is COc1ccc(F)cc1CN1C(=O)[C@@H](NC(=O)[C@H](C)N(C)C(=O)O)CCc2ccccc21. The zero-order chi connectivity index (χ0) is 23.4. The fraction of sp³-hybridized carbons (Fsp3) is 0.348. The van der Waals surface area contributed by atoms with Crippen LogP contribution in [0.25, 0.3) is 0 Å². The molecule has 0 spiro atoms. The summed E-state index contributed by atoms with van der Waals surface area (Å²) < 4.78 is 19.3. The van der Waals surface area contributed by atoms with Gasteiger partial charge in [-0.2, -0.15) is 0 Å².